The van der Waals surface area contributed by atoms with Gasteiger partial charge < -0.3 is 14.8 Å². The van der Waals surface area contributed by atoms with Crippen LogP contribution >= 0.6 is 0 Å². The zero-order valence-electron chi connectivity index (χ0n) is 11.8. The number of benzene rings is 2. The minimum atomic E-state index is 0.300. The highest BCUT2D eigenvalue weighted by atomic mass is 16.7. The summed E-state index contributed by atoms with van der Waals surface area (Å²) in [5, 5.41) is 3.53. The topological polar surface area (TPSA) is 30.5 Å². The second-order valence-corrected chi connectivity index (χ2v) is 5.16. The van der Waals surface area contributed by atoms with Crippen LogP contribution in [0.2, 0.25) is 0 Å². The minimum Gasteiger partial charge on any atom is -0.454 e. The zero-order valence-corrected chi connectivity index (χ0v) is 11.8. The molecule has 0 saturated carbocycles. The Hall–Kier alpha value is -2.00. The quantitative estimate of drug-likeness (QED) is 0.920. The first-order valence-corrected chi connectivity index (χ1v) is 6.91. The Morgan fingerprint density at radius 1 is 1.10 bits per heavy atom. The van der Waals surface area contributed by atoms with E-state index >= 15 is 0 Å². The third kappa shape index (κ3) is 2.63. The van der Waals surface area contributed by atoms with Gasteiger partial charge in [0, 0.05) is 18.2 Å². The van der Waals surface area contributed by atoms with Gasteiger partial charge in [0.05, 0.1) is 0 Å². The van der Waals surface area contributed by atoms with E-state index in [0.717, 1.165) is 23.6 Å². The highest BCUT2D eigenvalue weighted by Gasteiger charge is 2.17. The van der Waals surface area contributed by atoms with Crippen molar-refractivity contribution in [1.82, 2.24) is 5.32 Å². The standard InChI is InChI=1S/C17H19NO2/c1-12-6-8-14(9-7-12)13(2)18-10-15-4-3-5-16-17(15)20-11-19-16/h3-9,13,18H,10-11H2,1-2H3/t13-/m0/s1. The molecule has 0 amide bonds. The molecule has 0 fully saturated rings. The smallest absolute Gasteiger partial charge is 0.231 e. The van der Waals surface area contributed by atoms with Gasteiger partial charge in [-0.3, -0.25) is 0 Å². The number of rotatable bonds is 4. The van der Waals surface area contributed by atoms with Gasteiger partial charge in [-0.1, -0.05) is 42.0 Å². The third-order valence-electron chi connectivity index (χ3n) is 3.65. The summed E-state index contributed by atoms with van der Waals surface area (Å²) in [6.07, 6.45) is 0. The molecule has 1 N–H and O–H groups in total. The molecule has 104 valence electrons. The Kier molecular flexibility index (Phi) is 3.61. The van der Waals surface area contributed by atoms with Gasteiger partial charge in [0.1, 0.15) is 0 Å². The van der Waals surface area contributed by atoms with Crippen molar-refractivity contribution in [2.24, 2.45) is 0 Å². The lowest BCUT2D eigenvalue weighted by molar-refractivity contribution is 0.173. The first-order chi connectivity index (χ1) is 9.74. The van der Waals surface area contributed by atoms with Crippen molar-refractivity contribution in [2.75, 3.05) is 6.79 Å². The van der Waals surface area contributed by atoms with Gasteiger partial charge in [0.25, 0.3) is 0 Å². The number of hydrogen-bond donors (Lipinski definition) is 1. The highest BCUT2D eigenvalue weighted by molar-refractivity contribution is 5.48. The number of para-hydroxylation sites is 1. The maximum Gasteiger partial charge on any atom is 0.231 e. The Morgan fingerprint density at radius 2 is 1.90 bits per heavy atom. The van der Waals surface area contributed by atoms with E-state index in [2.05, 4.69) is 49.5 Å². The molecule has 3 rings (SSSR count). The van der Waals surface area contributed by atoms with E-state index in [1.165, 1.54) is 11.1 Å². The molecule has 3 heteroatoms. The molecule has 2 aromatic carbocycles. The van der Waals surface area contributed by atoms with Crippen LogP contribution in [0.4, 0.5) is 0 Å². The van der Waals surface area contributed by atoms with Gasteiger partial charge in [-0.2, -0.15) is 0 Å². The van der Waals surface area contributed by atoms with E-state index in [1.54, 1.807) is 0 Å². The minimum absolute atomic E-state index is 0.300. The Bertz CT molecular complexity index is 592. The van der Waals surface area contributed by atoms with Crippen molar-refractivity contribution < 1.29 is 9.47 Å². The molecule has 0 aromatic heterocycles. The summed E-state index contributed by atoms with van der Waals surface area (Å²) in [7, 11) is 0. The van der Waals surface area contributed by atoms with E-state index in [0.29, 0.717) is 12.8 Å². The lowest BCUT2D eigenvalue weighted by Gasteiger charge is -2.15. The number of ether oxygens (including phenoxy) is 2. The average Bonchev–Trinajstić information content (AvgIpc) is 2.94. The van der Waals surface area contributed by atoms with Crippen LogP contribution in [-0.4, -0.2) is 6.79 Å². The summed E-state index contributed by atoms with van der Waals surface area (Å²) in [6.45, 7) is 5.36. The van der Waals surface area contributed by atoms with Crippen molar-refractivity contribution in [1.29, 1.82) is 0 Å². The molecule has 0 unspecified atom stereocenters. The van der Waals surface area contributed by atoms with Gasteiger partial charge >= 0.3 is 0 Å². The van der Waals surface area contributed by atoms with E-state index in [4.69, 9.17) is 9.47 Å². The molecule has 3 nitrogen and oxygen atoms in total. The average molecular weight is 269 g/mol. The lowest BCUT2D eigenvalue weighted by Crippen LogP contribution is -2.18. The predicted octanol–water partition coefficient (Wildman–Crippen LogP) is 3.57. The van der Waals surface area contributed by atoms with Crippen LogP contribution < -0.4 is 14.8 Å². The monoisotopic (exact) mass is 269 g/mol. The molecule has 0 saturated heterocycles. The van der Waals surface area contributed by atoms with Crippen LogP contribution in [0.15, 0.2) is 42.5 Å². The second-order valence-electron chi connectivity index (χ2n) is 5.16. The molecular weight excluding hydrogens is 250 g/mol. The van der Waals surface area contributed by atoms with Crippen LogP contribution in [0.5, 0.6) is 11.5 Å². The van der Waals surface area contributed by atoms with Crippen molar-refractivity contribution in [3.05, 3.63) is 59.2 Å². The molecular formula is C17H19NO2. The fourth-order valence-electron chi connectivity index (χ4n) is 2.37. The lowest BCUT2D eigenvalue weighted by atomic mass is 10.1. The SMILES string of the molecule is Cc1ccc([C@H](C)NCc2cccc3c2OCO3)cc1. The van der Waals surface area contributed by atoms with Crippen LogP contribution in [-0.2, 0) is 6.54 Å². The van der Waals surface area contributed by atoms with E-state index in [-0.39, 0.29) is 0 Å². The Labute approximate surface area is 119 Å². The zero-order chi connectivity index (χ0) is 13.9. The molecule has 0 radical (unpaired) electrons. The van der Waals surface area contributed by atoms with Crippen LogP contribution in [0.1, 0.15) is 29.7 Å². The van der Waals surface area contributed by atoms with Gasteiger partial charge in [0.2, 0.25) is 6.79 Å². The molecule has 1 aliphatic rings. The van der Waals surface area contributed by atoms with Crippen molar-refractivity contribution in [2.45, 2.75) is 26.4 Å². The first-order valence-electron chi connectivity index (χ1n) is 6.91. The van der Waals surface area contributed by atoms with Gasteiger partial charge in [-0.05, 0) is 25.5 Å². The summed E-state index contributed by atoms with van der Waals surface area (Å²) >= 11 is 0. The third-order valence-corrected chi connectivity index (χ3v) is 3.65. The molecule has 1 heterocycles. The van der Waals surface area contributed by atoms with Gasteiger partial charge in [-0.15, -0.1) is 0 Å². The second kappa shape index (κ2) is 5.55. The van der Waals surface area contributed by atoms with Crippen LogP contribution in [0, 0.1) is 6.92 Å². The van der Waals surface area contributed by atoms with Crippen molar-refractivity contribution >= 4 is 0 Å². The molecule has 20 heavy (non-hydrogen) atoms. The van der Waals surface area contributed by atoms with Crippen LogP contribution in [0.25, 0.3) is 0 Å². The number of fused-ring (bicyclic) bond motifs is 1. The molecule has 0 aliphatic carbocycles. The number of nitrogens with one attached hydrogen (secondary N) is 1. The Balaban J connectivity index is 1.68. The predicted molar refractivity (Wildman–Crippen MR) is 79.0 cm³/mol. The maximum absolute atomic E-state index is 5.52. The molecule has 0 bridgehead atoms. The Morgan fingerprint density at radius 3 is 2.70 bits per heavy atom. The molecule has 2 aromatic rings. The van der Waals surface area contributed by atoms with E-state index in [9.17, 15) is 0 Å². The first kappa shape index (κ1) is 13.0. The maximum atomic E-state index is 5.52. The summed E-state index contributed by atoms with van der Waals surface area (Å²) in [4.78, 5) is 0. The summed E-state index contributed by atoms with van der Waals surface area (Å²) in [6, 6.07) is 14.9. The number of aryl methyl sites for hydroxylation is 1. The molecule has 1 aliphatic heterocycles. The number of hydrogen-bond acceptors (Lipinski definition) is 3. The fraction of sp³-hybridized carbons (Fsp3) is 0.294. The molecule has 1 atom stereocenters. The summed E-state index contributed by atoms with van der Waals surface area (Å²) in [5.74, 6) is 1.71. The molecule has 0 spiro atoms. The van der Waals surface area contributed by atoms with Crippen molar-refractivity contribution in [3.8, 4) is 11.5 Å². The van der Waals surface area contributed by atoms with Gasteiger partial charge in [0.15, 0.2) is 11.5 Å². The largest absolute Gasteiger partial charge is 0.454 e. The summed E-state index contributed by atoms with van der Waals surface area (Å²) < 4.78 is 10.9. The van der Waals surface area contributed by atoms with Crippen LogP contribution in [0.3, 0.4) is 0 Å². The van der Waals surface area contributed by atoms with E-state index < -0.39 is 0 Å². The normalized spacial score (nSPS) is 14.3. The van der Waals surface area contributed by atoms with E-state index in [1.807, 2.05) is 12.1 Å². The summed E-state index contributed by atoms with van der Waals surface area (Å²) in [5.41, 5.74) is 3.71. The van der Waals surface area contributed by atoms with Crippen molar-refractivity contribution in [3.63, 3.8) is 0 Å². The fourth-order valence-corrected chi connectivity index (χ4v) is 2.37. The highest BCUT2D eigenvalue weighted by Crippen LogP contribution is 2.35. The van der Waals surface area contributed by atoms with Gasteiger partial charge in [-0.25, -0.2) is 0 Å².